The largest absolute Gasteiger partial charge is 0.388 e. The van der Waals surface area contributed by atoms with Gasteiger partial charge in [0.05, 0.1) is 18.9 Å². The first-order valence-corrected chi connectivity index (χ1v) is 7.56. The lowest BCUT2D eigenvalue weighted by Crippen LogP contribution is -2.48. The van der Waals surface area contributed by atoms with Gasteiger partial charge < -0.3 is 9.84 Å². The molecule has 0 aromatic carbocycles. The van der Waals surface area contributed by atoms with Crippen molar-refractivity contribution >= 4 is 12.2 Å². The Morgan fingerprint density at radius 1 is 1.45 bits per heavy atom. The fraction of sp³-hybridized carbons (Fsp3) is 0.846. The van der Waals surface area contributed by atoms with Gasteiger partial charge >= 0.3 is 0 Å². The van der Waals surface area contributed by atoms with Crippen LogP contribution in [0.15, 0.2) is 0 Å². The van der Waals surface area contributed by atoms with Crippen LogP contribution in [0.2, 0.25) is 0 Å². The van der Waals surface area contributed by atoms with Crippen LogP contribution in [0.1, 0.15) is 38.6 Å². The zero-order valence-electron chi connectivity index (χ0n) is 12.1. The third-order valence-electron chi connectivity index (χ3n) is 3.83. The van der Waals surface area contributed by atoms with Crippen LogP contribution >= 0.6 is 12.2 Å². The molecule has 2 heterocycles. The topological polar surface area (TPSA) is 55.5 Å². The highest BCUT2D eigenvalue weighted by molar-refractivity contribution is 7.71. The van der Waals surface area contributed by atoms with E-state index in [-0.39, 0.29) is 12.2 Å². The standard InChI is InChI=1S/C13H22N4O2S/c1-13(2)8-15(5-6-19-13)9-16-12(20)17(10-3-4-10)11(7-18)14-16/h10,18H,3-9H2,1-2H3. The molecular formula is C13H22N4O2S. The van der Waals surface area contributed by atoms with Crippen LogP contribution < -0.4 is 0 Å². The summed E-state index contributed by atoms with van der Waals surface area (Å²) >= 11 is 5.52. The Labute approximate surface area is 123 Å². The molecule has 0 spiro atoms. The first kappa shape index (κ1) is 14.2. The molecule has 1 aliphatic heterocycles. The predicted octanol–water partition coefficient (Wildman–Crippen LogP) is 1.31. The predicted molar refractivity (Wildman–Crippen MR) is 76.8 cm³/mol. The summed E-state index contributed by atoms with van der Waals surface area (Å²) in [6.45, 7) is 7.28. The minimum Gasteiger partial charge on any atom is -0.388 e. The lowest BCUT2D eigenvalue weighted by Gasteiger charge is -2.37. The van der Waals surface area contributed by atoms with E-state index in [0.717, 1.165) is 37.3 Å². The van der Waals surface area contributed by atoms with Crippen molar-refractivity contribution in [1.82, 2.24) is 19.2 Å². The number of rotatable bonds is 4. The Balaban J connectivity index is 1.79. The van der Waals surface area contributed by atoms with Gasteiger partial charge in [0, 0.05) is 19.1 Å². The quantitative estimate of drug-likeness (QED) is 0.850. The maximum atomic E-state index is 9.45. The van der Waals surface area contributed by atoms with Gasteiger partial charge in [-0.25, -0.2) is 4.68 Å². The Morgan fingerprint density at radius 2 is 2.20 bits per heavy atom. The van der Waals surface area contributed by atoms with Crippen molar-refractivity contribution in [2.75, 3.05) is 19.7 Å². The summed E-state index contributed by atoms with van der Waals surface area (Å²) in [4.78, 5) is 2.30. The van der Waals surface area contributed by atoms with Crippen LogP contribution in [0.5, 0.6) is 0 Å². The molecule has 0 radical (unpaired) electrons. The smallest absolute Gasteiger partial charge is 0.199 e. The third-order valence-corrected chi connectivity index (χ3v) is 4.24. The van der Waals surface area contributed by atoms with Crippen molar-refractivity contribution in [2.45, 2.75) is 51.6 Å². The molecule has 1 N–H and O–H groups in total. The zero-order chi connectivity index (χ0) is 14.3. The van der Waals surface area contributed by atoms with Crippen molar-refractivity contribution < 1.29 is 9.84 Å². The van der Waals surface area contributed by atoms with E-state index in [1.807, 2.05) is 9.25 Å². The Kier molecular flexibility index (Phi) is 3.70. The molecule has 2 fully saturated rings. The van der Waals surface area contributed by atoms with Crippen molar-refractivity contribution in [3.63, 3.8) is 0 Å². The van der Waals surface area contributed by atoms with Crippen LogP contribution in [0.3, 0.4) is 0 Å². The normalized spacial score (nSPS) is 23.1. The number of ether oxygens (including phenoxy) is 1. The van der Waals surface area contributed by atoms with Gasteiger partial charge in [-0.15, -0.1) is 0 Å². The van der Waals surface area contributed by atoms with E-state index in [4.69, 9.17) is 17.0 Å². The lowest BCUT2D eigenvalue weighted by molar-refractivity contribution is -0.0947. The number of aliphatic hydroxyl groups is 1. The number of aliphatic hydroxyl groups excluding tert-OH is 1. The fourth-order valence-electron chi connectivity index (χ4n) is 2.79. The van der Waals surface area contributed by atoms with Gasteiger partial charge in [0.2, 0.25) is 0 Å². The number of hydrogen-bond acceptors (Lipinski definition) is 5. The van der Waals surface area contributed by atoms with Crippen molar-refractivity contribution in [2.24, 2.45) is 0 Å². The highest BCUT2D eigenvalue weighted by Crippen LogP contribution is 2.36. The van der Waals surface area contributed by atoms with Crippen molar-refractivity contribution in [3.05, 3.63) is 10.6 Å². The molecule has 1 aromatic rings. The van der Waals surface area contributed by atoms with Gasteiger partial charge in [0.1, 0.15) is 6.61 Å². The first-order valence-electron chi connectivity index (χ1n) is 7.15. The second kappa shape index (κ2) is 5.22. The summed E-state index contributed by atoms with van der Waals surface area (Å²) in [7, 11) is 0. The monoisotopic (exact) mass is 298 g/mol. The summed E-state index contributed by atoms with van der Waals surface area (Å²) < 4.78 is 10.3. The Hall–Kier alpha value is -0.760. The number of nitrogens with zero attached hydrogens (tertiary/aromatic N) is 4. The van der Waals surface area contributed by atoms with Gasteiger partial charge in [-0.05, 0) is 38.9 Å². The van der Waals surface area contributed by atoms with E-state index >= 15 is 0 Å². The van der Waals surface area contributed by atoms with Crippen LogP contribution in [-0.4, -0.2) is 49.7 Å². The van der Waals surface area contributed by atoms with Gasteiger partial charge in [-0.3, -0.25) is 9.47 Å². The van der Waals surface area contributed by atoms with E-state index in [2.05, 4.69) is 23.8 Å². The zero-order valence-corrected chi connectivity index (χ0v) is 12.9. The summed E-state index contributed by atoms with van der Waals surface area (Å²) in [5.41, 5.74) is -0.126. The maximum absolute atomic E-state index is 9.45. The number of morpholine rings is 1. The minimum absolute atomic E-state index is 0.0538. The molecule has 6 nitrogen and oxygen atoms in total. The van der Waals surface area contributed by atoms with Crippen LogP contribution in [0.4, 0.5) is 0 Å². The van der Waals surface area contributed by atoms with Gasteiger partial charge in [-0.1, -0.05) is 0 Å². The SMILES string of the molecule is CC1(C)CN(Cn2nc(CO)n(C3CC3)c2=S)CCO1. The van der Waals surface area contributed by atoms with E-state index in [1.165, 1.54) is 0 Å². The molecular weight excluding hydrogens is 276 g/mol. The molecule has 0 atom stereocenters. The van der Waals surface area contributed by atoms with E-state index in [9.17, 15) is 5.11 Å². The molecule has 112 valence electrons. The third kappa shape index (κ3) is 2.81. The van der Waals surface area contributed by atoms with Crippen LogP contribution in [0.25, 0.3) is 0 Å². The highest BCUT2D eigenvalue weighted by Gasteiger charge is 2.30. The van der Waals surface area contributed by atoms with Crippen molar-refractivity contribution in [1.29, 1.82) is 0 Å². The van der Waals surface area contributed by atoms with E-state index in [0.29, 0.717) is 18.5 Å². The molecule has 0 unspecified atom stereocenters. The maximum Gasteiger partial charge on any atom is 0.199 e. The van der Waals surface area contributed by atoms with E-state index < -0.39 is 0 Å². The molecule has 0 amide bonds. The molecule has 1 saturated carbocycles. The molecule has 7 heteroatoms. The molecule has 1 aromatic heterocycles. The second-order valence-electron chi connectivity index (χ2n) is 6.26. The summed E-state index contributed by atoms with van der Waals surface area (Å²) in [5.74, 6) is 0.685. The molecule has 2 aliphatic rings. The number of aromatic nitrogens is 3. The van der Waals surface area contributed by atoms with Crippen molar-refractivity contribution in [3.8, 4) is 0 Å². The first-order chi connectivity index (χ1) is 9.50. The van der Waals surface area contributed by atoms with Crippen LogP contribution in [-0.2, 0) is 18.0 Å². The Bertz CT molecular complexity index is 547. The molecule has 20 heavy (non-hydrogen) atoms. The molecule has 3 rings (SSSR count). The summed E-state index contributed by atoms with van der Waals surface area (Å²) in [6, 6.07) is 0.444. The molecule has 0 bridgehead atoms. The Morgan fingerprint density at radius 3 is 2.80 bits per heavy atom. The summed E-state index contributed by atoms with van der Waals surface area (Å²) in [5, 5.41) is 13.9. The fourth-order valence-corrected chi connectivity index (χ4v) is 3.14. The average Bonchev–Trinajstić information content (AvgIpc) is 3.15. The van der Waals surface area contributed by atoms with Gasteiger partial charge in [-0.2, -0.15) is 5.10 Å². The lowest BCUT2D eigenvalue weighted by atomic mass is 10.1. The van der Waals surface area contributed by atoms with Gasteiger partial charge in [0.15, 0.2) is 10.6 Å². The number of hydrogen-bond donors (Lipinski definition) is 1. The summed E-state index contributed by atoms with van der Waals surface area (Å²) in [6.07, 6.45) is 2.27. The van der Waals surface area contributed by atoms with Crippen LogP contribution in [0, 0.1) is 4.77 Å². The molecule has 1 aliphatic carbocycles. The minimum atomic E-state index is -0.126. The second-order valence-corrected chi connectivity index (χ2v) is 6.62. The highest BCUT2D eigenvalue weighted by atomic mass is 32.1. The average molecular weight is 298 g/mol. The molecule has 1 saturated heterocycles. The van der Waals surface area contributed by atoms with Gasteiger partial charge in [0.25, 0.3) is 0 Å². The van der Waals surface area contributed by atoms with E-state index in [1.54, 1.807) is 0 Å².